The summed E-state index contributed by atoms with van der Waals surface area (Å²) in [5.41, 5.74) is -1.79. The first-order valence-corrected chi connectivity index (χ1v) is 24.5. The predicted octanol–water partition coefficient (Wildman–Crippen LogP) is 7.93. The van der Waals surface area contributed by atoms with Gasteiger partial charge in [-0.3, -0.25) is 19.7 Å². The van der Waals surface area contributed by atoms with Gasteiger partial charge in [-0.1, -0.05) is 61.5 Å². The van der Waals surface area contributed by atoms with Crippen LogP contribution in [0.1, 0.15) is 133 Å². The maximum atomic E-state index is 14.7. The van der Waals surface area contributed by atoms with Gasteiger partial charge in [-0.15, -0.1) is 0 Å². The molecule has 4 N–H and O–H groups in total. The van der Waals surface area contributed by atoms with E-state index in [0.717, 1.165) is 6.42 Å². The fraction of sp³-hybridized carbons (Fsp3) is 0.780. The van der Waals surface area contributed by atoms with Crippen LogP contribution in [-0.2, 0) is 33.3 Å². The van der Waals surface area contributed by atoms with Crippen LogP contribution in [-0.4, -0.2) is 110 Å². The third-order valence-corrected chi connectivity index (χ3v) is 16.2. The number of amides is 1. The molecule has 5 heterocycles. The third-order valence-electron chi connectivity index (χ3n) is 16.2. The topological polar surface area (TPSA) is 222 Å². The molecule has 0 radical (unpaired) electrons. The number of aliphatic carboxylic acids is 1. The number of carbonyl (C=O) groups is 3. The van der Waals surface area contributed by atoms with Crippen molar-refractivity contribution in [3.05, 3.63) is 46.5 Å². The van der Waals surface area contributed by atoms with Gasteiger partial charge >= 0.3 is 12.1 Å². The third kappa shape index (κ3) is 10.7. The number of carboxylic acids is 1. The van der Waals surface area contributed by atoms with E-state index in [-0.39, 0.29) is 41.1 Å². The van der Waals surface area contributed by atoms with E-state index < -0.39 is 106 Å². The molecule has 1 aromatic rings. The molecule has 1 amide bonds. The number of nitrogens with one attached hydrogen (secondary N) is 1. The summed E-state index contributed by atoms with van der Waals surface area (Å²) in [7, 11) is 0. The second kappa shape index (κ2) is 21.0. The van der Waals surface area contributed by atoms with E-state index in [4.69, 9.17) is 28.4 Å². The molecule has 4 saturated heterocycles. The molecule has 5 aliphatic rings. The van der Waals surface area contributed by atoms with Crippen molar-refractivity contribution in [3.8, 4) is 5.75 Å². The number of nitrogens with zero attached hydrogens (tertiary/aromatic N) is 1. The predicted molar refractivity (Wildman–Crippen MR) is 244 cm³/mol. The van der Waals surface area contributed by atoms with E-state index >= 15 is 0 Å². The number of benzene rings is 1. The van der Waals surface area contributed by atoms with Crippen LogP contribution in [0.3, 0.4) is 0 Å². The van der Waals surface area contributed by atoms with Crippen LogP contribution in [0.15, 0.2) is 36.4 Å². The summed E-state index contributed by atoms with van der Waals surface area (Å²) >= 11 is 0. The first-order valence-electron chi connectivity index (χ1n) is 24.5. The fourth-order valence-corrected chi connectivity index (χ4v) is 11.7. The zero-order valence-electron chi connectivity index (χ0n) is 40.6. The number of hydrogen-bond donors (Lipinski definition) is 4. The standard InChI is InChI=1S/C50H76N2O14/c1-11-35(46(55)56)38-19-14-27(4)43(63-38)31(8)41(53)30(7)42(54)36(12-2)44-28(5)26-29(6)50(65-44)25-20-37(51-47(57)62-34-17-15-33(16-18-34)52(59)60)45(66-50)39-21-23-48(10,64-39)40-22-24-49(58,13-3)32(9)61-40/h15-18,20,25,27-32,35-41,43-45,53,58H,11-14,19,21-24,26H2,1-10H3,(H,51,57)(H,55,56)/t27-,28-,29+,30-,31-,32-,35+,36-,37+,38+,39?,40+,41+,43+,44-,45?,48-,49+,50-/m0/s1. The summed E-state index contributed by atoms with van der Waals surface area (Å²) in [5.74, 6) is -4.88. The molecule has 0 aromatic heterocycles. The quantitative estimate of drug-likeness (QED) is 0.0703. The maximum Gasteiger partial charge on any atom is 0.413 e. The Morgan fingerprint density at radius 2 is 1.59 bits per heavy atom. The second-order valence-corrected chi connectivity index (χ2v) is 20.5. The van der Waals surface area contributed by atoms with Gasteiger partial charge in [0.15, 0.2) is 5.79 Å². The van der Waals surface area contributed by atoms with Gasteiger partial charge < -0.3 is 49.1 Å². The van der Waals surface area contributed by atoms with Crippen LogP contribution in [0.5, 0.6) is 5.75 Å². The number of carbonyl (C=O) groups excluding carboxylic acids is 2. The molecule has 16 heteroatoms. The van der Waals surface area contributed by atoms with Gasteiger partial charge in [-0.25, -0.2) is 4.79 Å². The lowest BCUT2D eigenvalue weighted by Gasteiger charge is -2.52. The van der Waals surface area contributed by atoms with Crippen molar-refractivity contribution in [2.75, 3.05) is 0 Å². The molecule has 66 heavy (non-hydrogen) atoms. The van der Waals surface area contributed by atoms with Crippen molar-refractivity contribution in [2.24, 2.45) is 41.4 Å². The summed E-state index contributed by atoms with van der Waals surface area (Å²) < 4.78 is 39.7. The molecule has 1 spiro atoms. The molecule has 2 unspecified atom stereocenters. The Hall–Kier alpha value is -3.51. The minimum atomic E-state index is -1.32. The number of aliphatic hydroxyl groups is 2. The highest BCUT2D eigenvalue weighted by molar-refractivity contribution is 5.84. The number of ether oxygens (including phenoxy) is 6. The molecule has 6 rings (SSSR count). The summed E-state index contributed by atoms with van der Waals surface area (Å²) in [4.78, 5) is 50.9. The number of nitro groups is 1. The zero-order valence-corrected chi connectivity index (χ0v) is 40.6. The van der Waals surface area contributed by atoms with Gasteiger partial charge in [0, 0.05) is 35.8 Å². The van der Waals surface area contributed by atoms with Crippen molar-refractivity contribution in [3.63, 3.8) is 0 Å². The molecule has 19 atom stereocenters. The van der Waals surface area contributed by atoms with Gasteiger partial charge in [-0.05, 0) is 108 Å². The Labute approximate surface area is 390 Å². The molecule has 4 fully saturated rings. The number of aliphatic hydroxyl groups excluding tert-OH is 1. The highest BCUT2D eigenvalue weighted by Crippen LogP contribution is 2.49. The molecular weight excluding hydrogens is 853 g/mol. The van der Waals surface area contributed by atoms with E-state index in [9.17, 15) is 39.8 Å². The van der Waals surface area contributed by atoms with Crippen molar-refractivity contribution < 1.29 is 63.0 Å². The molecule has 5 aliphatic heterocycles. The van der Waals surface area contributed by atoms with E-state index in [1.165, 1.54) is 24.3 Å². The van der Waals surface area contributed by atoms with Crippen LogP contribution in [0, 0.1) is 51.5 Å². The Bertz CT molecular complexity index is 1900. The number of carboxylic acid groups (broad SMARTS) is 1. The highest BCUT2D eigenvalue weighted by atomic mass is 16.7. The van der Waals surface area contributed by atoms with E-state index in [0.29, 0.717) is 57.8 Å². The Kier molecular flexibility index (Phi) is 16.5. The SMILES string of the molecule is CC[C@@H](C(=O)[C@@H](C)[C@@H](O)[C@H](C)[C@@H]1O[C@@H]([C@@H](CC)C(=O)O)CC[C@@H]1C)[C@H]1O[C@]2(C=C[C@@H](NC(=O)Oc3ccc([N+](=O)[O-])cc3)C(C3CC[C@@](C)([C@H]4CC[C@](O)(CC)[C@H](C)O4)O3)O2)[C@H](C)C[C@@H]1C. The molecule has 0 bridgehead atoms. The number of ketones is 1. The molecule has 0 aliphatic carbocycles. The lowest BCUT2D eigenvalue weighted by atomic mass is 9.72. The maximum absolute atomic E-state index is 14.7. The van der Waals surface area contributed by atoms with E-state index in [2.05, 4.69) is 12.2 Å². The number of non-ortho nitro benzene ring substituents is 1. The Balaban J connectivity index is 1.23. The monoisotopic (exact) mass is 929 g/mol. The summed E-state index contributed by atoms with van der Waals surface area (Å²) in [6.07, 6.45) is 4.12. The van der Waals surface area contributed by atoms with Crippen molar-refractivity contribution in [1.82, 2.24) is 5.32 Å². The van der Waals surface area contributed by atoms with Crippen molar-refractivity contribution in [1.29, 1.82) is 0 Å². The molecule has 0 saturated carbocycles. The van der Waals surface area contributed by atoms with Crippen LogP contribution in [0.4, 0.5) is 10.5 Å². The minimum Gasteiger partial charge on any atom is -0.481 e. The number of nitro benzene ring substituents is 1. The lowest BCUT2D eigenvalue weighted by Crippen LogP contribution is -2.62. The first-order chi connectivity index (χ1) is 31.1. The molecule has 1 aromatic carbocycles. The van der Waals surface area contributed by atoms with Crippen molar-refractivity contribution in [2.45, 2.75) is 205 Å². The molecule has 16 nitrogen and oxygen atoms in total. The average Bonchev–Trinajstić information content (AvgIpc) is 3.69. The number of hydrogen-bond acceptors (Lipinski definition) is 13. The van der Waals surface area contributed by atoms with Crippen LogP contribution in [0.2, 0.25) is 0 Å². The van der Waals surface area contributed by atoms with Gasteiger partial charge in [-0.2, -0.15) is 0 Å². The van der Waals surface area contributed by atoms with Crippen LogP contribution in [0.25, 0.3) is 0 Å². The smallest absolute Gasteiger partial charge is 0.413 e. The van der Waals surface area contributed by atoms with Crippen LogP contribution >= 0.6 is 0 Å². The highest BCUT2D eigenvalue weighted by Gasteiger charge is 2.57. The van der Waals surface area contributed by atoms with Gasteiger partial charge in [0.1, 0.15) is 17.6 Å². The molecule has 370 valence electrons. The largest absolute Gasteiger partial charge is 0.481 e. The zero-order chi connectivity index (χ0) is 48.5. The lowest BCUT2D eigenvalue weighted by molar-refractivity contribution is -0.384. The molecular formula is C50H76N2O14. The van der Waals surface area contributed by atoms with Crippen molar-refractivity contribution >= 4 is 23.5 Å². The van der Waals surface area contributed by atoms with Gasteiger partial charge in [0.2, 0.25) is 0 Å². The number of Topliss-reactive ketones (excluding diaryl/α,β-unsaturated/α-hetero) is 1. The van der Waals surface area contributed by atoms with Crippen LogP contribution < -0.4 is 10.1 Å². The van der Waals surface area contributed by atoms with Gasteiger partial charge in [0.25, 0.3) is 5.69 Å². The Morgan fingerprint density at radius 3 is 2.20 bits per heavy atom. The summed E-state index contributed by atoms with van der Waals surface area (Å²) in [6.45, 7) is 19.4. The normalized spacial score (nSPS) is 39.3. The van der Waals surface area contributed by atoms with E-state index in [1.807, 2.05) is 67.5 Å². The Morgan fingerprint density at radius 1 is 0.909 bits per heavy atom. The van der Waals surface area contributed by atoms with Gasteiger partial charge in [0.05, 0.1) is 70.8 Å². The second-order valence-electron chi connectivity index (χ2n) is 20.5. The first kappa shape index (κ1) is 51.9. The number of rotatable bonds is 16. The fourth-order valence-electron chi connectivity index (χ4n) is 11.7. The average molecular weight is 929 g/mol. The summed E-state index contributed by atoms with van der Waals surface area (Å²) in [6, 6.07) is 4.45. The van der Waals surface area contributed by atoms with E-state index in [1.54, 1.807) is 6.92 Å². The summed E-state index contributed by atoms with van der Waals surface area (Å²) in [5, 5.41) is 47.0. The minimum absolute atomic E-state index is 0.0630.